The molecule has 0 radical (unpaired) electrons. The van der Waals surface area contributed by atoms with Crippen LogP contribution in [0.1, 0.15) is 41.8 Å². The number of amides is 2. The smallest absolute Gasteiger partial charge is 0.244 e. The molecule has 3 heterocycles. The molecule has 1 spiro atoms. The summed E-state index contributed by atoms with van der Waals surface area (Å²) in [6, 6.07) is 20.0. The van der Waals surface area contributed by atoms with Gasteiger partial charge >= 0.3 is 0 Å². The highest BCUT2D eigenvalue weighted by atomic mass is 35.5. The molecule has 2 aliphatic heterocycles. The van der Waals surface area contributed by atoms with Gasteiger partial charge in [0.25, 0.3) is 0 Å². The number of nitrogens with zero attached hydrogens (tertiary/aromatic N) is 4. The molecule has 8 nitrogen and oxygen atoms in total. The number of fused-ring (bicyclic) bond motifs is 4. The number of benzene rings is 3. The first-order valence-corrected chi connectivity index (χ1v) is 12.8. The van der Waals surface area contributed by atoms with E-state index in [9.17, 15) is 9.59 Å². The molecule has 2 aliphatic rings. The molecule has 38 heavy (non-hydrogen) atoms. The molecule has 2 amide bonds. The second kappa shape index (κ2) is 9.15. The van der Waals surface area contributed by atoms with Gasteiger partial charge in [-0.05, 0) is 66.1 Å². The van der Waals surface area contributed by atoms with Crippen molar-refractivity contribution in [2.75, 3.05) is 17.3 Å². The van der Waals surface area contributed by atoms with E-state index in [0.717, 1.165) is 11.1 Å². The van der Waals surface area contributed by atoms with Gasteiger partial charge in [0.05, 0.1) is 26.1 Å². The van der Waals surface area contributed by atoms with Gasteiger partial charge in [-0.2, -0.15) is 0 Å². The molecular weight excluding hydrogens is 525 g/mol. The van der Waals surface area contributed by atoms with Crippen LogP contribution in [0, 0.1) is 0 Å². The zero-order valence-electron chi connectivity index (χ0n) is 20.6. The van der Waals surface area contributed by atoms with E-state index in [4.69, 9.17) is 27.9 Å². The van der Waals surface area contributed by atoms with Crippen LogP contribution in [0.5, 0.6) is 5.75 Å². The molecule has 1 unspecified atom stereocenters. The molecule has 0 aliphatic carbocycles. The van der Waals surface area contributed by atoms with Gasteiger partial charge in [-0.1, -0.05) is 52.7 Å². The summed E-state index contributed by atoms with van der Waals surface area (Å²) in [6.07, 6.45) is -0.102. The Labute approximate surface area is 229 Å². The number of carbonyl (C=O) groups is 2. The molecule has 192 valence electrons. The third-order valence-corrected chi connectivity index (χ3v) is 7.78. The van der Waals surface area contributed by atoms with Gasteiger partial charge in [-0.3, -0.25) is 9.59 Å². The van der Waals surface area contributed by atoms with E-state index < -0.39 is 5.41 Å². The van der Waals surface area contributed by atoms with Gasteiger partial charge in [0.2, 0.25) is 11.8 Å². The molecule has 0 saturated heterocycles. The number of carbonyl (C=O) groups excluding carboxylic acids is 2. The Hall–Kier alpha value is -3.88. The lowest BCUT2D eigenvalue weighted by Crippen LogP contribution is -2.47. The highest BCUT2D eigenvalue weighted by Crippen LogP contribution is 2.52. The van der Waals surface area contributed by atoms with Crippen LogP contribution in [0.3, 0.4) is 0 Å². The van der Waals surface area contributed by atoms with E-state index in [0.29, 0.717) is 45.1 Å². The minimum atomic E-state index is -1.35. The summed E-state index contributed by atoms with van der Waals surface area (Å²) >= 11 is 12.5. The fraction of sp³-hybridized carbons (Fsp3) is 0.214. The fourth-order valence-corrected chi connectivity index (χ4v) is 5.70. The Morgan fingerprint density at radius 3 is 2.58 bits per heavy atom. The van der Waals surface area contributed by atoms with Crippen LogP contribution in [-0.2, 0) is 21.5 Å². The first-order valence-electron chi connectivity index (χ1n) is 12.1. The summed E-state index contributed by atoms with van der Waals surface area (Å²) in [7, 11) is 1.60. The lowest BCUT2D eigenvalue weighted by molar-refractivity contribution is -0.126. The highest BCUT2D eigenvalue weighted by Gasteiger charge is 2.58. The van der Waals surface area contributed by atoms with Crippen LogP contribution in [0.25, 0.3) is 0 Å². The molecule has 0 bridgehead atoms. The fourth-order valence-electron chi connectivity index (χ4n) is 5.40. The van der Waals surface area contributed by atoms with E-state index in [1.807, 2.05) is 49.4 Å². The maximum Gasteiger partial charge on any atom is 0.244 e. The Bertz CT molecular complexity index is 1590. The number of hydrogen-bond donors (Lipinski definition) is 1. The average molecular weight is 548 g/mol. The molecule has 2 atom stereocenters. The third kappa shape index (κ3) is 3.75. The molecule has 6 rings (SSSR count). The highest BCUT2D eigenvalue weighted by molar-refractivity contribution is 6.31. The molecule has 3 aromatic carbocycles. The topological polar surface area (TPSA) is 89.3 Å². The molecule has 1 aromatic heterocycles. The van der Waals surface area contributed by atoms with Crippen molar-refractivity contribution < 1.29 is 14.3 Å². The van der Waals surface area contributed by atoms with E-state index in [1.165, 1.54) is 0 Å². The first kappa shape index (κ1) is 24.5. The van der Waals surface area contributed by atoms with Crippen molar-refractivity contribution in [1.82, 2.24) is 15.0 Å². The average Bonchev–Trinajstić information content (AvgIpc) is 3.43. The molecule has 0 fully saturated rings. The van der Waals surface area contributed by atoms with Gasteiger partial charge in [0.15, 0.2) is 5.82 Å². The van der Waals surface area contributed by atoms with E-state index >= 15 is 0 Å². The summed E-state index contributed by atoms with van der Waals surface area (Å²) in [5, 5.41) is 12.9. The Morgan fingerprint density at radius 2 is 1.82 bits per heavy atom. The molecule has 1 N–H and O–H groups in total. The van der Waals surface area contributed by atoms with Crippen molar-refractivity contribution in [3.8, 4) is 5.75 Å². The molecule has 10 heteroatoms. The van der Waals surface area contributed by atoms with Crippen molar-refractivity contribution in [2.24, 2.45) is 0 Å². The zero-order chi connectivity index (χ0) is 26.6. The number of hydrogen-bond acceptors (Lipinski definition) is 5. The number of methoxy groups -OCH3 is 1. The number of halogens is 2. The van der Waals surface area contributed by atoms with Crippen LogP contribution in [0.2, 0.25) is 10.0 Å². The van der Waals surface area contributed by atoms with E-state index in [2.05, 4.69) is 15.6 Å². The third-order valence-electron chi connectivity index (χ3n) is 7.30. The van der Waals surface area contributed by atoms with Crippen LogP contribution in [0.15, 0.2) is 66.7 Å². The van der Waals surface area contributed by atoms with E-state index in [1.54, 1.807) is 41.0 Å². The maximum atomic E-state index is 14.4. The van der Waals surface area contributed by atoms with Crippen LogP contribution in [-0.4, -0.2) is 33.9 Å². The van der Waals surface area contributed by atoms with Gasteiger partial charge in [0.1, 0.15) is 16.9 Å². The second-order valence-electron chi connectivity index (χ2n) is 9.49. The van der Waals surface area contributed by atoms with Crippen molar-refractivity contribution >= 4 is 46.5 Å². The van der Waals surface area contributed by atoms with Gasteiger partial charge in [0, 0.05) is 15.7 Å². The standard InChI is InChI=1S/C28H23Cl2N5O3/c1-16(18-6-8-19(29)9-7-18)35-26-25(32-33-35)28(14-24(36)31-26)22-13-20(30)10-11-23(22)34(27(28)37)15-17-4-3-5-21(12-17)38-2/h3-13,16H,14-15H2,1-2H3,(H,31,36)/t16?,28-/m1/s1. The van der Waals surface area contributed by atoms with Crippen molar-refractivity contribution in [3.63, 3.8) is 0 Å². The van der Waals surface area contributed by atoms with Crippen LogP contribution < -0.4 is 15.0 Å². The van der Waals surface area contributed by atoms with Crippen molar-refractivity contribution in [1.29, 1.82) is 0 Å². The SMILES string of the molecule is COc1cccc(CN2C(=O)[C@]3(CC(=O)Nc4c3nnn4C(C)c3ccc(Cl)cc3)c3cc(Cl)ccc32)c1. The number of ether oxygens (including phenoxy) is 1. The predicted molar refractivity (Wildman–Crippen MR) is 145 cm³/mol. The lowest BCUT2D eigenvalue weighted by Gasteiger charge is -2.31. The first-order chi connectivity index (χ1) is 18.3. The molecular formula is C28H23Cl2N5O3. The monoisotopic (exact) mass is 547 g/mol. The minimum Gasteiger partial charge on any atom is -0.497 e. The van der Waals surface area contributed by atoms with Crippen LogP contribution in [0.4, 0.5) is 11.5 Å². The number of rotatable bonds is 5. The van der Waals surface area contributed by atoms with Gasteiger partial charge < -0.3 is 15.0 Å². The lowest BCUT2D eigenvalue weighted by atomic mass is 9.73. The molecule has 4 aromatic rings. The summed E-state index contributed by atoms with van der Waals surface area (Å²) < 4.78 is 7.01. The normalized spacial score (nSPS) is 18.8. The number of anilines is 2. The van der Waals surface area contributed by atoms with Crippen molar-refractivity contribution in [2.45, 2.75) is 31.3 Å². The number of nitrogens with one attached hydrogen (secondary N) is 1. The largest absolute Gasteiger partial charge is 0.497 e. The van der Waals surface area contributed by atoms with E-state index in [-0.39, 0.29) is 24.3 Å². The van der Waals surface area contributed by atoms with Gasteiger partial charge in [-0.25, -0.2) is 4.68 Å². The predicted octanol–water partition coefficient (Wildman–Crippen LogP) is 5.38. The minimum absolute atomic E-state index is 0.102. The summed E-state index contributed by atoms with van der Waals surface area (Å²) in [5.41, 5.74) is 2.19. The number of aromatic nitrogens is 3. The Kier molecular flexibility index (Phi) is 5.89. The quantitative estimate of drug-likeness (QED) is 0.362. The Balaban J connectivity index is 1.48. The summed E-state index contributed by atoms with van der Waals surface area (Å²) in [5.74, 6) is 0.539. The summed E-state index contributed by atoms with van der Waals surface area (Å²) in [4.78, 5) is 29.3. The van der Waals surface area contributed by atoms with Crippen LogP contribution >= 0.6 is 23.2 Å². The van der Waals surface area contributed by atoms with Crippen molar-refractivity contribution in [3.05, 3.63) is 99.2 Å². The summed E-state index contributed by atoms with van der Waals surface area (Å²) in [6.45, 7) is 2.24. The zero-order valence-corrected chi connectivity index (χ0v) is 22.1. The second-order valence-corrected chi connectivity index (χ2v) is 10.4. The Morgan fingerprint density at radius 1 is 1.05 bits per heavy atom. The molecule has 0 saturated carbocycles. The maximum absolute atomic E-state index is 14.4. The van der Waals surface area contributed by atoms with Gasteiger partial charge in [-0.15, -0.1) is 5.10 Å².